The van der Waals surface area contributed by atoms with Gasteiger partial charge < -0.3 is 10.1 Å². The van der Waals surface area contributed by atoms with Crippen LogP contribution in [0, 0.1) is 5.82 Å². The van der Waals surface area contributed by atoms with E-state index >= 15 is 0 Å². The second kappa shape index (κ2) is 6.37. The first-order chi connectivity index (χ1) is 9.83. The zero-order valence-electron chi connectivity index (χ0n) is 12.2. The van der Waals surface area contributed by atoms with Crippen molar-refractivity contribution in [1.29, 1.82) is 0 Å². The van der Waals surface area contributed by atoms with Gasteiger partial charge in [0.25, 0.3) is 0 Å². The van der Waals surface area contributed by atoms with Gasteiger partial charge in [0, 0.05) is 24.3 Å². The summed E-state index contributed by atoms with van der Waals surface area (Å²) >= 11 is 5.63. The standard InChI is InChI=1S/C15H17ClFN3O/c1-15(2,3)19-8-10-7-18-9-14(20-10)21-11-4-5-12(16)13(17)6-11/h4-7,9,19H,8H2,1-3H3. The summed E-state index contributed by atoms with van der Waals surface area (Å²) in [5, 5.41) is 3.36. The number of aromatic nitrogens is 2. The lowest BCUT2D eigenvalue weighted by atomic mass is 10.1. The Morgan fingerprint density at radius 1 is 1.29 bits per heavy atom. The molecule has 0 bridgehead atoms. The second-order valence-corrected chi connectivity index (χ2v) is 6.04. The van der Waals surface area contributed by atoms with Gasteiger partial charge in [-0.15, -0.1) is 0 Å². The Balaban J connectivity index is 2.08. The fourth-order valence-corrected chi connectivity index (χ4v) is 1.66. The zero-order valence-corrected chi connectivity index (χ0v) is 12.9. The topological polar surface area (TPSA) is 47.0 Å². The third-order valence-electron chi connectivity index (χ3n) is 2.58. The van der Waals surface area contributed by atoms with E-state index in [1.54, 1.807) is 12.3 Å². The van der Waals surface area contributed by atoms with Crippen LogP contribution in [0.25, 0.3) is 0 Å². The van der Waals surface area contributed by atoms with Gasteiger partial charge in [-0.2, -0.15) is 0 Å². The van der Waals surface area contributed by atoms with E-state index in [0.29, 0.717) is 18.2 Å². The minimum atomic E-state index is -0.535. The molecule has 1 N–H and O–H groups in total. The van der Waals surface area contributed by atoms with Gasteiger partial charge in [-0.1, -0.05) is 11.6 Å². The Labute approximate surface area is 128 Å². The first kappa shape index (κ1) is 15.7. The van der Waals surface area contributed by atoms with Crippen molar-refractivity contribution in [2.45, 2.75) is 32.9 Å². The molecule has 0 saturated carbocycles. The molecule has 1 heterocycles. The highest BCUT2D eigenvalue weighted by Gasteiger charge is 2.10. The molecule has 21 heavy (non-hydrogen) atoms. The molecule has 0 saturated heterocycles. The minimum Gasteiger partial charge on any atom is -0.437 e. The molecular weight excluding hydrogens is 293 g/mol. The van der Waals surface area contributed by atoms with E-state index in [9.17, 15) is 4.39 Å². The molecular formula is C15H17ClFN3O. The lowest BCUT2D eigenvalue weighted by molar-refractivity contribution is 0.414. The Morgan fingerprint density at radius 2 is 2.05 bits per heavy atom. The van der Waals surface area contributed by atoms with Crippen LogP contribution in [0.1, 0.15) is 26.5 Å². The summed E-state index contributed by atoms with van der Waals surface area (Å²) in [6, 6.07) is 4.22. The zero-order chi connectivity index (χ0) is 15.5. The van der Waals surface area contributed by atoms with Crippen LogP contribution in [0.2, 0.25) is 5.02 Å². The third kappa shape index (κ3) is 4.95. The maximum absolute atomic E-state index is 13.4. The van der Waals surface area contributed by atoms with Gasteiger partial charge in [0.2, 0.25) is 5.88 Å². The Bertz CT molecular complexity index is 629. The van der Waals surface area contributed by atoms with Crippen molar-refractivity contribution >= 4 is 11.6 Å². The maximum atomic E-state index is 13.4. The molecule has 0 amide bonds. The fraction of sp³-hybridized carbons (Fsp3) is 0.333. The van der Waals surface area contributed by atoms with Gasteiger partial charge in [0.15, 0.2) is 0 Å². The van der Waals surface area contributed by atoms with Gasteiger partial charge in [-0.05, 0) is 32.9 Å². The summed E-state index contributed by atoms with van der Waals surface area (Å²) < 4.78 is 18.8. The van der Waals surface area contributed by atoms with Crippen molar-refractivity contribution in [3.05, 3.63) is 47.1 Å². The smallest absolute Gasteiger partial charge is 0.238 e. The van der Waals surface area contributed by atoms with Crippen molar-refractivity contribution < 1.29 is 9.13 Å². The van der Waals surface area contributed by atoms with E-state index in [0.717, 1.165) is 5.69 Å². The van der Waals surface area contributed by atoms with Crippen LogP contribution in [0.4, 0.5) is 4.39 Å². The number of hydrogen-bond donors (Lipinski definition) is 1. The molecule has 4 nitrogen and oxygen atoms in total. The third-order valence-corrected chi connectivity index (χ3v) is 2.88. The predicted octanol–water partition coefficient (Wildman–Crippen LogP) is 3.95. The summed E-state index contributed by atoms with van der Waals surface area (Å²) in [6.07, 6.45) is 3.14. The Kier molecular flexibility index (Phi) is 4.75. The molecule has 0 fully saturated rings. The monoisotopic (exact) mass is 309 g/mol. The maximum Gasteiger partial charge on any atom is 0.238 e. The molecule has 6 heteroatoms. The average molecular weight is 310 g/mol. The highest BCUT2D eigenvalue weighted by molar-refractivity contribution is 6.30. The molecule has 0 spiro atoms. The Morgan fingerprint density at radius 3 is 2.71 bits per heavy atom. The molecule has 112 valence electrons. The second-order valence-electron chi connectivity index (χ2n) is 5.63. The van der Waals surface area contributed by atoms with Gasteiger partial charge in [-0.3, -0.25) is 4.98 Å². The molecule has 1 aromatic carbocycles. The SMILES string of the molecule is CC(C)(C)NCc1cncc(Oc2ccc(Cl)c(F)c2)n1. The van der Waals surface area contributed by atoms with Crippen molar-refractivity contribution in [2.24, 2.45) is 0 Å². The number of nitrogens with zero attached hydrogens (tertiary/aromatic N) is 2. The molecule has 0 aliphatic heterocycles. The van der Waals surface area contributed by atoms with Crippen LogP contribution in [0.3, 0.4) is 0 Å². The van der Waals surface area contributed by atoms with Crippen molar-refractivity contribution in [3.8, 4) is 11.6 Å². The van der Waals surface area contributed by atoms with Gasteiger partial charge in [0.05, 0.1) is 16.9 Å². The van der Waals surface area contributed by atoms with E-state index < -0.39 is 5.82 Å². The number of nitrogens with one attached hydrogen (secondary N) is 1. The lowest BCUT2D eigenvalue weighted by Crippen LogP contribution is -2.35. The summed E-state index contributed by atoms with van der Waals surface area (Å²) in [5.41, 5.74) is 0.731. The first-order valence-electron chi connectivity index (χ1n) is 6.52. The fourth-order valence-electron chi connectivity index (χ4n) is 1.54. The molecule has 0 atom stereocenters. The van der Waals surface area contributed by atoms with Gasteiger partial charge >= 0.3 is 0 Å². The van der Waals surface area contributed by atoms with Gasteiger partial charge in [0.1, 0.15) is 11.6 Å². The van der Waals surface area contributed by atoms with Crippen LogP contribution >= 0.6 is 11.6 Å². The molecule has 0 unspecified atom stereocenters. The van der Waals surface area contributed by atoms with Gasteiger partial charge in [-0.25, -0.2) is 9.37 Å². The van der Waals surface area contributed by atoms with Crippen molar-refractivity contribution in [3.63, 3.8) is 0 Å². The Hall–Kier alpha value is -1.72. The molecule has 0 aliphatic rings. The summed E-state index contributed by atoms with van der Waals surface area (Å²) in [6.45, 7) is 6.77. The summed E-state index contributed by atoms with van der Waals surface area (Å²) in [7, 11) is 0. The van der Waals surface area contributed by atoms with E-state index in [2.05, 4.69) is 36.1 Å². The number of hydrogen-bond acceptors (Lipinski definition) is 4. The quantitative estimate of drug-likeness (QED) is 0.929. The molecule has 2 aromatic rings. The normalized spacial score (nSPS) is 11.5. The number of rotatable bonds is 4. The van der Waals surface area contributed by atoms with Crippen LogP contribution in [0.15, 0.2) is 30.6 Å². The van der Waals surface area contributed by atoms with E-state index in [1.165, 1.54) is 18.3 Å². The summed E-state index contributed by atoms with van der Waals surface area (Å²) in [5.74, 6) is 0.102. The first-order valence-corrected chi connectivity index (χ1v) is 6.90. The van der Waals surface area contributed by atoms with Crippen LogP contribution < -0.4 is 10.1 Å². The van der Waals surface area contributed by atoms with E-state index in [4.69, 9.17) is 16.3 Å². The highest BCUT2D eigenvalue weighted by atomic mass is 35.5. The van der Waals surface area contributed by atoms with Crippen molar-refractivity contribution in [2.75, 3.05) is 0 Å². The minimum absolute atomic E-state index is 0.0160. The van der Waals surface area contributed by atoms with Crippen LogP contribution in [0.5, 0.6) is 11.6 Å². The molecule has 1 aromatic heterocycles. The largest absolute Gasteiger partial charge is 0.437 e. The predicted molar refractivity (Wildman–Crippen MR) is 80.1 cm³/mol. The van der Waals surface area contributed by atoms with Crippen LogP contribution in [-0.2, 0) is 6.54 Å². The highest BCUT2D eigenvalue weighted by Crippen LogP contribution is 2.24. The number of benzene rings is 1. The van der Waals surface area contributed by atoms with E-state index in [-0.39, 0.29) is 10.6 Å². The summed E-state index contributed by atoms with van der Waals surface area (Å²) in [4.78, 5) is 8.39. The molecule has 2 rings (SSSR count). The molecule has 0 radical (unpaired) electrons. The molecule has 0 aliphatic carbocycles. The average Bonchev–Trinajstić information content (AvgIpc) is 2.40. The number of halogens is 2. The van der Waals surface area contributed by atoms with Crippen molar-refractivity contribution in [1.82, 2.24) is 15.3 Å². The van der Waals surface area contributed by atoms with Crippen LogP contribution in [-0.4, -0.2) is 15.5 Å². The van der Waals surface area contributed by atoms with E-state index in [1.807, 2.05) is 0 Å². The number of ether oxygens (including phenoxy) is 1. The lowest BCUT2D eigenvalue weighted by Gasteiger charge is -2.20.